The molecule has 0 unspecified atom stereocenters. The van der Waals surface area contributed by atoms with Crippen LogP contribution in [0.2, 0.25) is 5.02 Å². The van der Waals surface area contributed by atoms with Crippen LogP contribution in [0.4, 0.5) is 5.69 Å². The molecule has 1 amide bonds. The lowest BCUT2D eigenvalue weighted by atomic mass is 10.2. The largest absolute Gasteiger partial charge is 0.489 e. The Morgan fingerprint density at radius 2 is 2.10 bits per heavy atom. The van der Waals surface area contributed by atoms with Gasteiger partial charge in [0, 0.05) is 11.7 Å². The van der Waals surface area contributed by atoms with Crippen LogP contribution in [0.1, 0.15) is 39.5 Å². The summed E-state index contributed by atoms with van der Waals surface area (Å²) in [5, 5.41) is 6.63. The molecule has 0 saturated heterocycles. The minimum absolute atomic E-state index is 0.0458. The van der Waals surface area contributed by atoms with E-state index in [4.69, 9.17) is 16.3 Å². The van der Waals surface area contributed by atoms with E-state index in [1.807, 2.05) is 13.8 Å². The van der Waals surface area contributed by atoms with E-state index in [0.717, 1.165) is 0 Å². The van der Waals surface area contributed by atoms with Gasteiger partial charge in [0.25, 0.3) is 0 Å². The number of halogens is 1. The van der Waals surface area contributed by atoms with E-state index in [2.05, 4.69) is 10.6 Å². The molecule has 0 aliphatic heterocycles. The molecular weight excluding hydrogens is 288 g/mol. The molecule has 0 aromatic heterocycles. The molecule has 4 nitrogen and oxygen atoms in total. The summed E-state index contributed by atoms with van der Waals surface area (Å²) < 4.78 is 5.56. The highest BCUT2D eigenvalue weighted by molar-refractivity contribution is 6.32. The third kappa shape index (κ3) is 5.21. The van der Waals surface area contributed by atoms with Crippen molar-refractivity contribution in [3.63, 3.8) is 0 Å². The summed E-state index contributed by atoms with van der Waals surface area (Å²) >= 11 is 6.15. The topological polar surface area (TPSA) is 50.4 Å². The van der Waals surface area contributed by atoms with Gasteiger partial charge in [0.05, 0.1) is 17.7 Å². The van der Waals surface area contributed by atoms with Gasteiger partial charge in [-0.05, 0) is 44.9 Å². The smallest absolute Gasteiger partial charge is 0.238 e. The molecule has 1 aromatic carbocycles. The van der Waals surface area contributed by atoms with Crippen molar-refractivity contribution in [3.05, 3.63) is 23.2 Å². The fourth-order valence-electron chi connectivity index (χ4n) is 2.50. The highest BCUT2D eigenvalue weighted by atomic mass is 35.5. The number of carbonyl (C=O) groups is 1. The highest BCUT2D eigenvalue weighted by Gasteiger charge is 2.15. The molecule has 0 heterocycles. The lowest BCUT2D eigenvalue weighted by Gasteiger charge is -2.14. The zero-order valence-electron chi connectivity index (χ0n) is 12.6. The van der Waals surface area contributed by atoms with Crippen LogP contribution < -0.4 is 15.4 Å². The molecule has 0 bridgehead atoms. The van der Waals surface area contributed by atoms with Gasteiger partial charge in [0.1, 0.15) is 5.75 Å². The van der Waals surface area contributed by atoms with Crippen molar-refractivity contribution < 1.29 is 9.53 Å². The van der Waals surface area contributed by atoms with Gasteiger partial charge in [-0.1, -0.05) is 24.4 Å². The van der Waals surface area contributed by atoms with E-state index in [0.29, 0.717) is 29.0 Å². The van der Waals surface area contributed by atoms with Crippen molar-refractivity contribution in [2.24, 2.45) is 0 Å². The third-order valence-corrected chi connectivity index (χ3v) is 3.78. The van der Waals surface area contributed by atoms with E-state index in [9.17, 15) is 4.79 Å². The summed E-state index contributed by atoms with van der Waals surface area (Å²) in [4.78, 5) is 11.9. The SMILES string of the molecule is CC(C)Oc1ccc(NC(=O)CNC2CCCC2)cc1Cl. The van der Waals surface area contributed by atoms with Crippen LogP contribution in [0.25, 0.3) is 0 Å². The number of carbonyl (C=O) groups excluding carboxylic acids is 1. The molecule has 1 fully saturated rings. The molecule has 5 heteroatoms. The predicted molar refractivity (Wildman–Crippen MR) is 86.1 cm³/mol. The molecular formula is C16H23ClN2O2. The van der Waals surface area contributed by atoms with Crippen LogP contribution in [0.3, 0.4) is 0 Å². The van der Waals surface area contributed by atoms with E-state index >= 15 is 0 Å². The molecule has 116 valence electrons. The standard InChI is InChI=1S/C16H23ClN2O2/c1-11(2)21-15-8-7-13(9-14(15)17)19-16(20)10-18-12-5-3-4-6-12/h7-9,11-12,18H,3-6,10H2,1-2H3,(H,19,20). The Labute approximate surface area is 131 Å². The van der Waals surface area contributed by atoms with Crippen LogP contribution in [-0.2, 0) is 4.79 Å². The molecule has 0 atom stereocenters. The maximum absolute atomic E-state index is 11.9. The summed E-state index contributed by atoms with van der Waals surface area (Å²) in [6, 6.07) is 5.78. The summed E-state index contributed by atoms with van der Waals surface area (Å²) in [5.41, 5.74) is 0.689. The normalized spacial score (nSPS) is 15.4. The predicted octanol–water partition coefficient (Wildman–Crippen LogP) is 3.60. The third-order valence-electron chi connectivity index (χ3n) is 3.48. The Kier molecular flexibility index (Phi) is 5.88. The van der Waals surface area contributed by atoms with Crippen LogP contribution in [-0.4, -0.2) is 24.6 Å². The number of ether oxygens (including phenoxy) is 1. The number of nitrogens with one attached hydrogen (secondary N) is 2. The summed E-state index contributed by atoms with van der Waals surface area (Å²) in [6.07, 6.45) is 4.91. The number of rotatable bonds is 6. The van der Waals surface area contributed by atoms with Crippen LogP contribution in [0, 0.1) is 0 Å². The lowest BCUT2D eigenvalue weighted by molar-refractivity contribution is -0.115. The molecule has 1 aliphatic carbocycles. The van der Waals surface area contributed by atoms with Gasteiger partial charge in [-0.2, -0.15) is 0 Å². The molecule has 1 aliphatic rings. The van der Waals surface area contributed by atoms with E-state index < -0.39 is 0 Å². The molecule has 2 N–H and O–H groups in total. The second-order valence-electron chi connectivity index (χ2n) is 5.72. The van der Waals surface area contributed by atoms with E-state index in [1.165, 1.54) is 25.7 Å². The van der Waals surface area contributed by atoms with Gasteiger partial charge in [0.15, 0.2) is 0 Å². The minimum Gasteiger partial charge on any atom is -0.489 e. The Morgan fingerprint density at radius 1 is 1.38 bits per heavy atom. The first kappa shape index (κ1) is 16.1. The number of hydrogen-bond acceptors (Lipinski definition) is 3. The fourth-order valence-corrected chi connectivity index (χ4v) is 2.73. The van der Waals surface area contributed by atoms with E-state index in [1.54, 1.807) is 18.2 Å². The summed E-state index contributed by atoms with van der Waals surface area (Å²) in [5.74, 6) is 0.587. The number of anilines is 1. The van der Waals surface area contributed by atoms with Gasteiger partial charge in [-0.15, -0.1) is 0 Å². The molecule has 2 rings (SSSR count). The lowest BCUT2D eigenvalue weighted by Crippen LogP contribution is -2.34. The van der Waals surface area contributed by atoms with Gasteiger partial charge in [-0.3, -0.25) is 4.79 Å². The first-order valence-corrected chi connectivity index (χ1v) is 7.92. The maximum atomic E-state index is 11.9. The number of benzene rings is 1. The van der Waals surface area contributed by atoms with Gasteiger partial charge < -0.3 is 15.4 Å². The number of amides is 1. The Bertz CT molecular complexity index is 485. The monoisotopic (exact) mass is 310 g/mol. The molecule has 1 aromatic rings. The van der Waals surface area contributed by atoms with Crippen molar-refractivity contribution in [1.82, 2.24) is 5.32 Å². The maximum Gasteiger partial charge on any atom is 0.238 e. The van der Waals surface area contributed by atoms with Crippen molar-refractivity contribution in [2.45, 2.75) is 51.7 Å². The molecule has 1 saturated carbocycles. The summed E-state index contributed by atoms with van der Waals surface area (Å²) in [6.45, 7) is 4.23. The average Bonchev–Trinajstić information content (AvgIpc) is 2.92. The minimum atomic E-state index is -0.0458. The average molecular weight is 311 g/mol. The summed E-state index contributed by atoms with van der Waals surface area (Å²) in [7, 11) is 0. The number of hydrogen-bond donors (Lipinski definition) is 2. The zero-order valence-corrected chi connectivity index (χ0v) is 13.4. The van der Waals surface area contributed by atoms with E-state index in [-0.39, 0.29) is 12.0 Å². The first-order chi connectivity index (χ1) is 10.0. The van der Waals surface area contributed by atoms with Crippen molar-refractivity contribution in [2.75, 3.05) is 11.9 Å². The van der Waals surface area contributed by atoms with Crippen molar-refractivity contribution in [3.8, 4) is 5.75 Å². The van der Waals surface area contributed by atoms with Crippen LogP contribution in [0.5, 0.6) is 5.75 Å². The first-order valence-electron chi connectivity index (χ1n) is 7.54. The second-order valence-corrected chi connectivity index (χ2v) is 6.13. The Hall–Kier alpha value is -1.26. The van der Waals surface area contributed by atoms with Gasteiger partial charge >= 0.3 is 0 Å². The molecule has 21 heavy (non-hydrogen) atoms. The van der Waals surface area contributed by atoms with Crippen LogP contribution >= 0.6 is 11.6 Å². The zero-order chi connectivity index (χ0) is 15.2. The van der Waals surface area contributed by atoms with Crippen molar-refractivity contribution >= 4 is 23.2 Å². The van der Waals surface area contributed by atoms with Crippen LogP contribution in [0.15, 0.2) is 18.2 Å². The highest BCUT2D eigenvalue weighted by Crippen LogP contribution is 2.28. The Morgan fingerprint density at radius 3 is 2.71 bits per heavy atom. The molecule has 0 spiro atoms. The van der Waals surface area contributed by atoms with Crippen molar-refractivity contribution in [1.29, 1.82) is 0 Å². The second kappa shape index (κ2) is 7.66. The Balaban J connectivity index is 1.84. The fraction of sp³-hybridized carbons (Fsp3) is 0.562. The quantitative estimate of drug-likeness (QED) is 0.844. The molecule has 0 radical (unpaired) electrons. The van der Waals surface area contributed by atoms with Gasteiger partial charge in [-0.25, -0.2) is 0 Å². The van der Waals surface area contributed by atoms with Gasteiger partial charge in [0.2, 0.25) is 5.91 Å².